The largest absolute Gasteiger partial charge is 0.440 e. The van der Waals surface area contributed by atoms with Crippen LogP contribution in [0.15, 0.2) is 27.3 Å². The summed E-state index contributed by atoms with van der Waals surface area (Å²) < 4.78 is 5.65. The molecule has 5 nitrogen and oxygen atoms in total. The summed E-state index contributed by atoms with van der Waals surface area (Å²) in [6, 6.07) is 3.89. The van der Waals surface area contributed by atoms with Gasteiger partial charge in [-0.05, 0) is 24.3 Å². The van der Waals surface area contributed by atoms with Crippen molar-refractivity contribution in [2.75, 3.05) is 5.32 Å². The second-order valence-corrected chi connectivity index (χ2v) is 7.26. The zero-order chi connectivity index (χ0) is 16.4. The van der Waals surface area contributed by atoms with Gasteiger partial charge in [-0.15, -0.1) is 22.7 Å². The third-order valence-electron chi connectivity index (χ3n) is 3.31. The molecule has 0 atom stereocenters. The fourth-order valence-corrected chi connectivity index (χ4v) is 3.56. The van der Waals surface area contributed by atoms with Crippen LogP contribution < -0.4 is 5.32 Å². The lowest BCUT2D eigenvalue weighted by molar-refractivity contribution is -0.115. The van der Waals surface area contributed by atoms with E-state index in [4.69, 9.17) is 4.42 Å². The monoisotopic (exact) mass is 347 g/mol. The SMILES string of the molecule is Cc1oc(-c2cccs2)nc1CC(=O)Nc1nc(C(C)C)cs1. The Balaban J connectivity index is 1.68. The van der Waals surface area contributed by atoms with Crippen molar-refractivity contribution in [2.45, 2.75) is 33.1 Å². The lowest BCUT2D eigenvalue weighted by atomic mass is 10.2. The average molecular weight is 347 g/mol. The first-order chi connectivity index (χ1) is 11.0. The molecule has 0 unspecified atom stereocenters. The van der Waals surface area contributed by atoms with Crippen molar-refractivity contribution in [3.8, 4) is 10.8 Å². The van der Waals surface area contributed by atoms with Crippen LogP contribution in [0.4, 0.5) is 5.13 Å². The molecule has 0 saturated heterocycles. The summed E-state index contributed by atoms with van der Waals surface area (Å²) in [6.07, 6.45) is 0.178. The molecule has 3 heterocycles. The van der Waals surface area contributed by atoms with Crippen molar-refractivity contribution in [3.63, 3.8) is 0 Å². The molecule has 0 saturated carbocycles. The van der Waals surface area contributed by atoms with Crippen molar-refractivity contribution in [3.05, 3.63) is 40.0 Å². The van der Waals surface area contributed by atoms with Crippen LogP contribution in [0.2, 0.25) is 0 Å². The molecule has 0 spiro atoms. The highest BCUT2D eigenvalue weighted by Crippen LogP contribution is 2.26. The molecule has 0 aliphatic rings. The summed E-state index contributed by atoms with van der Waals surface area (Å²) in [5, 5.41) is 7.39. The average Bonchev–Trinajstić information content (AvgIpc) is 3.20. The highest BCUT2D eigenvalue weighted by Gasteiger charge is 2.16. The Labute approximate surface area is 142 Å². The molecule has 0 aromatic carbocycles. The van der Waals surface area contributed by atoms with Crippen LogP contribution in [0.3, 0.4) is 0 Å². The van der Waals surface area contributed by atoms with E-state index in [1.54, 1.807) is 11.3 Å². The molecule has 1 N–H and O–H groups in total. The van der Waals surface area contributed by atoms with Gasteiger partial charge in [0.25, 0.3) is 0 Å². The van der Waals surface area contributed by atoms with Crippen LogP contribution in [0.25, 0.3) is 10.8 Å². The Kier molecular flexibility index (Phi) is 4.58. The van der Waals surface area contributed by atoms with Crippen LogP contribution in [-0.2, 0) is 11.2 Å². The van der Waals surface area contributed by atoms with E-state index in [0.717, 1.165) is 10.6 Å². The number of hydrogen-bond donors (Lipinski definition) is 1. The predicted octanol–water partition coefficient (Wildman–Crippen LogP) is 4.47. The van der Waals surface area contributed by atoms with E-state index >= 15 is 0 Å². The van der Waals surface area contributed by atoms with Gasteiger partial charge >= 0.3 is 0 Å². The molecule has 0 fully saturated rings. The number of aromatic nitrogens is 2. The maximum atomic E-state index is 12.2. The number of thiazole rings is 1. The van der Waals surface area contributed by atoms with Crippen LogP contribution in [0, 0.1) is 6.92 Å². The van der Waals surface area contributed by atoms with Gasteiger partial charge in [-0.25, -0.2) is 9.97 Å². The number of hydrogen-bond acceptors (Lipinski definition) is 6. The predicted molar refractivity (Wildman–Crippen MR) is 93.1 cm³/mol. The van der Waals surface area contributed by atoms with Crippen LogP contribution in [0.1, 0.15) is 36.9 Å². The summed E-state index contributed by atoms with van der Waals surface area (Å²) in [5.74, 6) is 1.45. The first kappa shape index (κ1) is 15.9. The van der Waals surface area contributed by atoms with E-state index in [1.165, 1.54) is 11.3 Å². The second kappa shape index (κ2) is 6.64. The summed E-state index contributed by atoms with van der Waals surface area (Å²) in [5.41, 5.74) is 1.65. The molecule has 1 amide bonds. The van der Waals surface area contributed by atoms with Gasteiger partial charge in [0.05, 0.1) is 22.7 Å². The van der Waals surface area contributed by atoms with Gasteiger partial charge in [-0.3, -0.25) is 4.79 Å². The molecule has 0 bridgehead atoms. The number of carbonyl (C=O) groups is 1. The maximum absolute atomic E-state index is 12.2. The molecule has 3 aromatic heterocycles. The van der Waals surface area contributed by atoms with Crippen LogP contribution in [-0.4, -0.2) is 15.9 Å². The van der Waals surface area contributed by atoms with Gasteiger partial charge in [0, 0.05) is 5.38 Å². The molecule has 7 heteroatoms. The van der Waals surface area contributed by atoms with Crippen molar-refractivity contribution in [1.82, 2.24) is 9.97 Å². The third-order valence-corrected chi connectivity index (χ3v) is 4.95. The van der Waals surface area contributed by atoms with E-state index in [-0.39, 0.29) is 12.3 Å². The fourth-order valence-electron chi connectivity index (χ4n) is 2.02. The number of carbonyl (C=O) groups excluding carboxylic acids is 1. The zero-order valence-electron chi connectivity index (χ0n) is 13.1. The number of oxazole rings is 1. The van der Waals surface area contributed by atoms with Crippen molar-refractivity contribution in [2.24, 2.45) is 0 Å². The molecule has 3 rings (SSSR count). The molecule has 23 heavy (non-hydrogen) atoms. The lowest BCUT2D eigenvalue weighted by Crippen LogP contribution is -2.15. The van der Waals surface area contributed by atoms with E-state index in [0.29, 0.717) is 28.4 Å². The van der Waals surface area contributed by atoms with E-state index in [9.17, 15) is 4.79 Å². The minimum atomic E-state index is -0.135. The Hall–Kier alpha value is -1.99. The number of anilines is 1. The maximum Gasteiger partial charge on any atom is 0.236 e. The van der Waals surface area contributed by atoms with Gasteiger partial charge in [0.1, 0.15) is 5.76 Å². The Bertz CT molecular complexity index is 803. The Morgan fingerprint density at radius 3 is 2.83 bits per heavy atom. The van der Waals surface area contributed by atoms with E-state index in [1.807, 2.05) is 29.8 Å². The molecule has 0 radical (unpaired) electrons. The van der Waals surface area contributed by atoms with Crippen molar-refractivity contribution in [1.29, 1.82) is 0 Å². The normalized spacial score (nSPS) is 11.1. The minimum absolute atomic E-state index is 0.135. The summed E-state index contributed by atoms with van der Waals surface area (Å²) in [7, 11) is 0. The van der Waals surface area contributed by atoms with Crippen LogP contribution in [0.5, 0.6) is 0 Å². The molecule has 120 valence electrons. The number of nitrogens with zero attached hydrogens (tertiary/aromatic N) is 2. The molecule has 0 aliphatic carbocycles. The highest BCUT2D eigenvalue weighted by molar-refractivity contribution is 7.14. The molecular weight excluding hydrogens is 330 g/mol. The highest BCUT2D eigenvalue weighted by atomic mass is 32.1. The number of thiophene rings is 1. The Morgan fingerprint density at radius 2 is 2.17 bits per heavy atom. The standard InChI is InChI=1S/C16H17N3O2S2/c1-9(2)12-8-23-16(18-12)19-14(20)7-11-10(3)21-15(17-11)13-5-4-6-22-13/h4-6,8-9H,7H2,1-3H3,(H,18,19,20). The molecule has 0 aliphatic heterocycles. The van der Waals surface area contributed by atoms with Gasteiger partial charge in [-0.1, -0.05) is 19.9 Å². The van der Waals surface area contributed by atoms with Gasteiger partial charge in [0.2, 0.25) is 11.8 Å². The van der Waals surface area contributed by atoms with Crippen molar-refractivity contribution >= 4 is 33.7 Å². The summed E-state index contributed by atoms with van der Waals surface area (Å²) >= 11 is 3.00. The van der Waals surface area contributed by atoms with Gasteiger partial charge in [-0.2, -0.15) is 0 Å². The number of rotatable bonds is 5. The van der Waals surface area contributed by atoms with E-state index in [2.05, 4.69) is 29.1 Å². The van der Waals surface area contributed by atoms with Gasteiger partial charge in [0.15, 0.2) is 5.13 Å². The summed E-state index contributed by atoms with van der Waals surface area (Å²) in [4.78, 5) is 22.0. The first-order valence-corrected chi connectivity index (χ1v) is 9.04. The number of aryl methyl sites for hydroxylation is 1. The smallest absolute Gasteiger partial charge is 0.236 e. The third kappa shape index (κ3) is 3.68. The minimum Gasteiger partial charge on any atom is -0.440 e. The second-order valence-electron chi connectivity index (χ2n) is 5.46. The lowest BCUT2D eigenvalue weighted by Gasteiger charge is -2.00. The van der Waals surface area contributed by atoms with Crippen molar-refractivity contribution < 1.29 is 9.21 Å². The first-order valence-electron chi connectivity index (χ1n) is 7.28. The number of amides is 1. The van der Waals surface area contributed by atoms with Crippen LogP contribution >= 0.6 is 22.7 Å². The molecular formula is C16H17N3O2S2. The molecule has 3 aromatic rings. The fraction of sp³-hybridized carbons (Fsp3) is 0.312. The Morgan fingerprint density at radius 1 is 1.35 bits per heavy atom. The van der Waals surface area contributed by atoms with E-state index < -0.39 is 0 Å². The number of nitrogens with one attached hydrogen (secondary N) is 1. The van der Waals surface area contributed by atoms with Gasteiger partial charge < -0.3 is 9.73 Å². The zero-order valence-corrected chi connectivity index (χ0v) is 14.8. The topological polar surface area (TPSA) is 68.0 Å². The summed E-state index contributed by atoms with van der Waals surface area (Å²) in [6.45, 7) is 5.98. The quantitative estimate of drug-likeness (QED) is 0.739.